The number of carboxylic acid groups (broad SMARTS) is 1. The van der Waals surface area contributed by atoms with Crippen LogP contribution >= 0.6 is 11.6 Å². The Morgan fingerprint density at radius 1 is 1.33 bits per heavy atom. The van der Waals surface area contributed by atoms with Crippen LogP contribution in [0.2, 0.25) is 5.02 Å². The normalized spacial score (nSPS) is 14.5. The third kappa shape index (κ3) is 7.51. The third-order valence-corrected chi connectivity index (χ3v) is 5.74. The Bertz CT molecular complexity index is 997. The Labute approximate surface area is 201 Å². The highest BCUT2D eigenvalue weighted by atomic mass is 35.5. The number of H-pyrrole nitrogens is 1. The lowest BCUT2D eigenvalue weighted by Gasteiger charge is -2.33. The zero-order valence-corrected chi connectivity index (χ0v) is 21.3. The van der Waals surface area contributed by atoms with Crippen molar-refractivity contribution in [2.45, 2.75) is 53.6 Å². The molecule has 0 spiro atoms. The summed E-state index contributed by atoms with van der Waals surface area (Å²) in [5.41, 5.74) is 2.50. The minimum absolute atomic E-state index is 0.213. The number of nitrogens with one attached hydrogen (secondary N) is 2. The van der Waals surface area contributed by atoms with Crippen LogP contribution in [0.5, 0.6) is 0 Å². The second-order valence-corrected chi connectivity index (χ2v) is 8.92. The molecule has 33 heavy (non-hydrogen) atoms. The summed E-state index contributed by atoms with van der Waals surface area (Å²) in [5, 5.41) is 13.2. The van der Waals surface area contributed by atoms with Gasteiger partial charge in [-0.25, -0.2) is 4.98 Å². The summed E-state index contributed by atoms with van der Waals surface area (Å²) in [6, 6.07) is 5.63. The van der Waals surface area contributed by atoms with Crippen molar-refractivity contribution in [3.63, 3.8) is 0 Å². The molecule has 182 valence electrons. The molecule has 0 fully saturated rings. The highest BCUT2D eigenvalue weighted by molar-refractivity contribution is 6.31. The maximum atomic E-state index is 11.0. The number of rotatable bonds is 10. The van der Waals surface area contributed by atoms with Crippen molar-refractivity contribution >= 4 is 34.2 Å². The number of aromatic amines is 1. The smallest absolute Gasteiger partial charge is 0.308 e. The van der Waals surface area contributed by atoms with Crippen molar-refractivity contribution in [3.05, 3.63) is 47.0 Å². The third-order valence-electron chi connectivity index (χ3n) is 5.50. The summed E-state index contributed by atoms with van der Waals surface area (Å²) in [7, 11) is 0. The average molecular weight is 477 g/mol. The first-order chi connectivity index (χ1) is 15.7. The molecule has 0 aliphatic carbocycles. The van der Waals surface area contributed by atoms with Gasteiger partial charge in [-0.2, -0.15) is 0 Å². The van der Waals surface area contributed by atoms with Crippen molar-refractivity contribution < 1.29 is 14.6 Å². The molecule has 7 nitrogen and oxygen atoms in total. The van der Waals surface area contributed by atoms with Gasteiger partial charge in [-0.1, -0.05) is 25.4 Å². The molecule has 1 aliphatic rings. The van der Waals surface area contributed by atoms with Gasteiger partial charge in [0.1, 0.15) is 11.6 Å². The zero-order chi connectivity index (χ0) is 24.6. The second-order valence-electron chi connectivity index (χ2n) is 8.48. The van der Waals surface area contributed by atoms with E-state index in [2.05, 4.69) is 39.3 Å². The SMILES string of the molecule is CC.CCN(CCC(C)(C)OCC(C)C(=O)O)C1=CC=C(c2nc3ccc(Cl)cc3[nH]2)CN1. The summed E-state index contributed by atoms with van der Waals surface area (Å²) in [4.78, 5) is 21.3. The van der Waals surface area contributed by atoms with E-state index in [0.717, 1.165) is 47.8 Å². The fourth-order valence-corrected chi connectivity index (χ4v) is 3.52. The molecule has 0 saturated carbocycles. The van der Waals surface area contributed by atoms with E-state index in [4.69, 9.17) is 21.4 Å². The van der Waals surface area contributed by atoms with Crippen molar-refractivity contribution in [2.24, 2.45) is 5.92 Å². The number of halogens is 1. The van der Waals surface area contributed by atoms with Crippen molar-refractivity contribution in [2.75, 3.05) is 26.2 Å². The summed E-state index contributed by atoms with van der Waals surface area (Å²) in [6.45, 7) is 14.3. The van der Waals surface area contributed by atoms with Crippen molar-refractivity contribution in [1.82, 2.24) is 20.2 Å². The van der Waals surface area contributed by atoms with Gasteiger partial charge in [-0.05, 0) is 64.5 Å². The van der Waals surface area contributed by atoms with Crippen LogP contribution in [0.25, 0.3) is 16.6 Å². The molecular weight excluding hydrogens is 440 g/mol. The number of aliphatic carboxylic acids is 1. The monoisotopic (exact) mass is 476 g/mol. The van der Waals surface area contributed by atoms with Crippen LogP contribution in [0.15, 0.2) is 36.2 Å². The number of ether oxygens (including phenoxy) is 1. The molecule has 1 aromatic carbocycles. The Hall–Kier alpha value is -2.51. The first-order valence-corrected chi connectivity index (χ1v) is 12.0. The van der Waals surface area contributed by atoms with Gasteiger partial charge in [0.25, 0.3) is 0 Å². The molecule has 8 heteroatoms. The summed E-state index contributed by atoms with van der Waals surface area (Å²) in [6.07, 6.45) is 4.94. The first kappa shape index (κ1) is 26.7. The number of fused-ring (bicyclic) bond motifs is 1. The van der Waals surface area contributed by atoms with Crippen LogP contribution in [0.1, 0.15) is 53.8 Å². The number of allylic oxidation sites excluding steroid dienone is 2. The summed E-state index contributed by atoms with van der Waals surface area (Å²) >= 11 is 6.07. The zero-order valence-electron chi connectivity index (χ0n) is 20.5. The van der Waals surface area contributed by atoms with Crippen LogP contribution in [0, 0.1) is 5.92 Å². The lowest BCUT2D eigenvalue weighted by molar-refractivity contribution is -0.145. The predicted molar refractivity (Wildman–Crippen MR) is 135 cm³/mol. The molecule has 2 aromatic rings. The minimum Gasteiger partial charge on any atom is -0.481 e. The summed E-state index contributed by atoms with van der Waals surface area (Å²) in [5.74, 6) is 0.546. The largest absolute Gasteiger partial charge is 0.481 e. The molecule has 0 saturated heterocycles. The number of hydrogen-bond acceptors (Lipinski definition) is 5. The number of dihydropyridines is 1. The molecule has 0 bridgehead atoms. The van der Waals surface area contributed by atoms with Crippen LogP contribution in [0.3, 0.4) is 0 Å². The molecule has 1 aromatic heterocycles. The molecule has 3 rings (SSSR count). The standard InChI is InChI=1S/C23H31ClN4O3.C2H6/c1-5-28(11-10-23(3,4)31-14-15(2)22(29)30)20-9-6-16(13-25-20)21-26-18-8-7-17(24)12-19(18)27-21;1-2/h6-9,12,15,25H,5,10-11,13-14H2,1-4H3,(H,26,27)(H,29,30);1-2H3. The van der Waals surface area contributed by atoms with Crippen LogP contribution in [-0.2, 0) is 9.53 Å². The highest BCUT2D eigenvalue weighted by Crippen LogP contribution is 2.23. The molecule has 0 radical (unpaired) electrons. The maximum Gasteiger partial charge on any atom is 0.308 e. The van der Waals surface area contributed by atoms with E-state index < -0.39 is 17.5 Å². The quantitative estimate of drug-likeness (QED) is 0.431. The number of imidazole rings is 1. The molecule has 1 unspecified atom stereocenters. The van der Waals surface area contributed by atoms with Crippen LogP contribution in [0.4, 0.5) is 0 Å². The Morgan fingerprint density at radius 3 is 2.67 bits per heavy atom. The molecule has 2 heterocycles. The number of hydrogen-bond donors (Lipinski definition) is 3. The highest BCUT2D eigenvalue weighted by Gasteiger charge is 2.23. The second kappa shape index (κ2) is 12.1. The van der Waals surface area contributed by atoms with E-state index in [9.17, 15) is 4.79 Å². The van der Waals surface area contributed by atoms with Crippen LogP contribution in [-0.4, -0.2) is 57.8 Å². The number of carbonyl (C=O) groups is 1. The number of nitrogens with zero attached hydrogens (tertiary/aromatic N) is 2. The Morgan fingerprint density at radius 2 is 2.06 bits per heavy atom. The van der Waals surface area contributed by atoms with Crippen molar-refractivity contribution in [1.29, 1.82) is 0 Å². The van der Waals surface area contributed by atoms with E-state index in [-0.39, 0.29) is 6.61 Å². The van der Waals surface area contributed by atoms with Gasteiger partial charge in [0.2, 0.25) is 0 Å². The van der Waals surface area contributed by atoms with Gasteiger partial charge in [-0.3, -0.25) is 4.79 Å². The fraction of sp³-hybridized carbons (Fsp3) is 0.520. The number of aromatic nitrogens is 2. The maximum absolute atomic E-state index is 11.0. The molecule has 1 aliphatic heterocycles. The van der Waals surface area contributed by atoms with Gasteiger partial charge in [0, 0.05) is 30.2 Å². The average Bonchev–Trinajstić information content (AvgIpc) is 3.22. The molecule has 1 atom stereocenters. The van der Waals surface area contributed by atoms with Crippen molar-refractivity contribution in [3.8, 4) is 0 Å². The van der Waals surface area contributed by atoms with E-state index in [1.807, 2.05) is 45.9 Å². The number of benzene rings is 1. The van der Waals surface area contributed by atoms with E-state index in [1.165, 1.54) is 0 Å². The molecule has 3 N–H and O–H groups in total. The Balaban J connectivity index is 0.00000187. The minimum atomic E-state index is -0.835. The fourth-order valence-electron chi connectivity index (χ4n) is 3.34. The summed E-state index contributed by atoms with van der Waals surface area (Å²) < 4.78 is 5.87. The lowest BCUT2D eigenvalue weighted by Crippen LogP contribution is -2.38. The lowest BCUT2D eigenvalue weighted by atomic mass is 10.0. The first-order valence-electron chi connectivity index (χ1n) is 11.6. The van der Waals surface area contributed by atoms with Gasteiger partial charge in [0.15, 0.2) is 0 Å². The topological polar surface area (TPSA) is 90.5 Å². The van der Waals surface area contributed by atoms with E-state index in [1.54, 1.807) is 6.92 Å². The van der Waals surface area contributed by atoms with Crippen LogP contribution < -0.4 is 5.32 Å². The predicted octanol–water partition coefficient (Wildman–Crippen LogP) is 5.30. The van der Waals surface area contributed by atoms with Gasteiger partial charge in [0.05, 0.1) is 29.2 Å². The van der Waals surface area contributed by atoms with E-state index in [0.29, 0.717) is 11.6 Å². The molecule has 0 amide bonds. The molecular formula is C25H37ClN4O3. The van der Waals surface area contributed by atoms with Gasteiger partial charge >= 0.3 is 5.97 Å². The number of carboxylic acids is 1. The van der Waals surface area contributed by atoms with Gasteiger partial charge in [-0.15, -0.1) is 0 Å². The van der Waals surface area contributed by atoms with E-state index >= 15 is 0 Å². The van der Waals surface area contributed by atoms with Gasteiger partial charge < -0.3 is 25.0 Å². The Kier molecular flexibility index (Phi) is 9.80.